The zero-order valence-corrected chi connectivity index (χ0v) is 15.4. The van der Waals surface area contributed by atoms with E-state index in [2.05, 4.69) is 14.7 Å². The monoisotopic (exact) mass is 404 g/mol. The molecule has 0 fully saturated rings. The number of fused-ring (bicyclic) bond motifs is 1. The molecule has 4 rings (SSSR count). The molecule has 138 valence electrons. The van der Waals surface area contributed by atoms with Gasteiger partial charge in [-0.05, 0) is 24.3 Å². The molecule has 1 N–H and O–H groups in total. The van der Waals surface area contributed by atoms with Crippen molar-refractivity contribution >= 4 is 38.2 Å². The Morgan fingerprint density at radius 2 is 2.15 bits per heavy atom. The first-order valence-corrected chi connectivity index (χ1v) is 10.4. The van der Waals surface area contributed by atoms with Crippen molar-refractivity contribution in [2.75, 3.05) is 17.6 Å². The number of nitrogens with one attached hydrogen (secondary N) is 1. The van der Waals surface area contributed by atoms with Gasteiger partial charge < -0.3 is 4.90 Å². The van der Waals surface area contributed by atoms with E-state index in [9.17, 15) is 17.6 Å². The van der Waals surface area contributed by atoms with Gasteiger partial charge in [0.2, 0.25) is 0 Å². The van der Waals surface area contributed by atoms with Gasteiger partial charge in [0.05, 0.1) is 17.0 Å². The number of amides is 1. The molecule has 1 aromatic heterocycles. The molecule has 0 saturated heterocycles. The van der Waals surface area contributed by atoms with E-state index in [4.69, 9.17) is 0 Å². The highest BCUT2D eigenvalue weighted by Crippen LogP contribution is 2.26. The van der Waals surface area contributed by atoms with E-state index < -0.39 is 10.0 Å². The Morgan fingerprint density at radius 1 is 1.30 bits per heavy atom. The maximum Gasteiger partial charge on any atom is 0.258 e. The number of thiazole rings is 1. The Morgan fingerprint density at radius 3 is 2.96 bits per heavy atom. The number of rotatable bonds is 3. The van der Waals surface area contributed by atoms with Crippen LogP contribution in [0, 0.1) is 5.82 Å². The first-order valence-electron chi connectivity index (χ1n) is 7.92. The zero-order valence-electron chi connectivity index (χ0n) is 13.8. The first-order chi connectivity index (χ1) is 12.9. The molecule has 0 bridgehead atoms. The van der Waals surface area contributed by atoms with Crippen molar-refractivity contribution in [3.05, 3.63) is 59.4 Å². The Balaban J connectivity index is 1.49. The molecule has 1 amide bonds. The predicted octanol–water partition coefficient (Wildman–Crippen LogP) is 2.39. The molecule has 10 heteroatoms. The van der Waals surface area contributed by atoms with Crippen molar-refractivity contribution in [1.82, 2.24) is 9.88 Å². The van der Waals surface area contributed by atoms with Gasteiger partial charge in [-0.1, -0.05) is 12.1 Å². The van der Waals surface area contributed by atoms with Gasteiger partial charge >= 0.3 is 0 Å². The van der Waals surface area contributed by atoms with E-state index in [0.29, 0.717) is 27.8 Å². The van der Waals surface area contributed by atoms with Crippen LogP contribution in [0.4, 0.5) is 9.52 Å². The molecule has 2 aliphatic rings. The van der Waals surface area contributed by atoms with Gasteiger partial charge in [-0.3, -0.25) is 10.1 Å². The summed E-state index contributed by atoms with van der Waals surface area (Å²) >= 11 is 1.23. The van der Waals surface area contributed by atoms with Crippen LogP contribution in [0.3, 0.4) is 0 Å². The van der Waals surface area contributed by atoms with Gasteiger partial charge in [0.25, 0.3) is 15.9 Å². The number of halogens is 1. The maximum absolute atomic E-state index is 13.3. The third-order valence-corrected chi connectivity index (χ3v) is 5.85. The number of sulfonamides is 1. The smallest absolute Gasteiger partial charge is 0.258 e. The number of carbonyl (C=O) groups excluding carboxylic acids is 1. The van der Waals surface area contributed by atoms with E-state index in [1.807, 2.05) is 0 Å². The molecule has 0 radical (unpaired) electrons. The summed E-state index contributed by atoms with van der Waals surface area (Å²) in [6.07, 6.45) is 4.56. The van der Waals surface area contributed by atoms with E-state index in [1.54, 1.807) is 28.6 Å². The molecule has 3 heterocycles. The molecular formula is C17H13FN4O3S2. The van der Waals surface area contributed by atoms with Gasteiger partial charge in [-0.2, -0.15) is 0 Å². The van der Waals surface area contributed by atoms with E-state index in [-0.39, 0.29) is 24.0 Å². The highest BCUT2D eigenvalue weighted by Gasteiger charge is 2.25. The van der Waals surface area contributed by atoms with Crippen LogP contribution in [0.5, 0.6) is 0 Å². The molecule has 27 heavy (non-hydrogen) atoms. The molecular weight excluding hydrogens is 391 g/mol. The van der Waals surface area contributed by atoms with Crippen molar-refractivity contribution in [3.8, 4) is 11.3 Å². The highest BCUT2D eigenvalue weighted by molar-refractivity contribution is 7.90. The lowest BCUT2D eigenvalue weighted by molar-refractivity contribution is -0.112. The number of hydrogen-bond donors (Lipinski definition) is 1. The second kappa shape index (κ2) is 6.71. The first kappa shape index (κ1) is 17.6. The number of nitrogens with zero attached hydrogens (tertiary/aromatic N) is 3. The number of aromatic nitrogens is 1. The van der Waals surface area contributed by atoms with Crippen molar-refractivity contribution in [3.63, 3.8) is 0 Å². The Hall–Kier alpha value is -2.85. The number of carbonyl (C=O) groups is 1. The summed E-state index contributed by atoms with van der Waals surface area (Å²) < 4.78 is 40.1. The van der Waals surface area contributed by atoms with E-state index in [1.165, 1.54) is 35.6 Å². The molecule has 0 aliphatic carbocycles. The minimum Gasteiger partial charge on any atom is -0.330 e. The molecule has 1 aromatic carbocycles. The van der Waals surface area contributed by atoms with Gasteiger partial charge in [0.15, 0.2) is 5.13 Å². The molecule has 0 spiro atoms. The fourth-order valence-corrected chi connectivity index (χ4v) is 4.30. The number of anilines is 1. The molecule has 2 aliphatic heterocycles. The summed E-state index contributed by atoms with van der Waals surface area (Å²) in [4.78, 5) is 18.4. The van der Waals surface area contributed by atoms with Gasteiger partial charge in [0.1, 0.15) is 11.7 Å². The standard InChI is InChI=1S/C17H13FN4O3S2/c18-13-3-1-2-11(8-13)14-10-26-17(19-14)20-16(23)12-4-5-15-21-27(24,25)7-6-22(15)9-12/h1-5,8-10H,6-7H2,(H,19,20,23). The maximum atomic E-state index is 13.3. The molecule has 7 nitrogen and oxygen atoms in total. The minimum atomic E-state index is -3.44. The lowest BCUT2D eigenvalue weighted by atomic mass is 10.2. The van der Waals surface area contributed by atoms with Crippen LogP contribution < -0.4 is 5.32 Å². The van der Waals surface area contributed by atoms with E-state index >= 15 is 0 Å². The summed E-state index contributed by atoms with van der Waals surface area (Å²) in [5, 5.41) is 4.81. The molecule has 0 atom stereocenters. The van der Waals surface area contributed by atoms with Gasteiger partial charge in [-0.25, -0.2) is 17.8 Å². The average molecular weight is 404 g/mol. The van der Waals surface area contributed by atoms with E-state index in [0.717, 1.165) is 0 Å². The largest absolute Gasteiger partial charge is 0.330 e. The van der Waals surface area contributed by atoms with Crippen molar-refractivity contribution < 1.29 is 17.6 Å². The van der Waals surface area contributed by atoms with Crippen molar-refractivity contribution in [2.24, 2.45) is 4.40 Å². The van der Waals surface area contributed by atoms with Crippen LogP contribution in [0.15, 0.2) is 58.0 Å². The second-order valence-electron chi connectivity index (χ2n) is 5.85. The second-order valence-corrected chi connectivity index (χ2v) is 8.46. The van der Waals surface area contributed by atoms with Crippen LogP contribution in [0.2, 0.25) is 0 Å². The zero-order chi connectivity index (χ0) is 19.0. The molecule has 2 aromatic rings. The average Bonchev–Trinajstić information content (AvgIpc) is 3.09. The van der Waals surface area contributed by atoms with Crippen LogP contribution >= 0.6 is 11.3 Å². The van der Waals surface area contributed by atoms with Crippen LogP contribution in [-0.4, -0.2) is 42.3 Å². The predicted molar refractivity (Wildman–Crippen MR) is 101 cm³/mol. The van der Waals surface area contributed by atoms with Crippen molar-refractivity contribution in [1.29, 1.82) is 0 Å². The summed E-state index contributed by atoms with van der Waals surface area (Å²) in [5.41, 5.74) is 1.55. The Labute approximate surface area is 158 Å². The third-order valence-electron chi connectivity index (χ3n) is 3.93. The summed E-state index contributed by atoms with van der Waals surface area (Å²) in [6, 6.07) is 6.06. The Kier molecular flexibility index (Phi) is 4.36. The molecule has 0 saturated carbocycles. The summed E-state index contributed by atoms with van der Waals surface area (Å²) in [5.74, 6) is -0.539. The summed E-state index contributed by atoms with van der Waals surface area (Å²) in [7, 11) is -3.44. The highest BCUT2D eigenvalue weighted by atomic mass is 32.2. The number of amidine groups is 1. The third kappa shape index (κ3) is 3.81. The number of benzene rings is 1. The topological polar surface area (TPSA) is 91.7 Å². The van der Waals surface area contributed by atoms with Gasteiger partial charge in [0, 0.05) is 23.7 Å². The van der Waals surface area contributed by atoms with Gasteiger partial charge in [-0.15, -0.1) is 15.7 Å². The fraction of sp³-hybridized carbons (Fsp3) is 0.118. The minimum absolute atomic E-state index is 0.0980. The summed E-state index contributed by atoms with van der Waals surface area (Å²) in [6.45, 7) is 0.239. The number of hydrogen-bond acceptors (Lipinski definition) is 6. The lowest BCUT2D eigenvalue weighted by Crippen LogP contribution is -2.37. The van der Waals surface area contributed by atoms with Crippen LogP contribution in [0.25, 0.3) is 11.3 Å². The quantitative estimate of drug-likeness (QED) is 0.848. The van der Waals surface area contributed by atoms with Crippen LogP contribution in [0.1, 0.15) is 0 Å². The normalized spacial score (nSPS) is 17.7. The SMILES string of the molecule is O=C(Nc1nc(-c2cccc(F)c2)cs1)C1=CN2CCS(=O)(=O)N=C2C=C1. The molecule has 0 unspecified atom stereocenters. The fourth-order valence-electron chi connectivity index (χ4n) is 2.62. The van der Waals surface area contributed by atoms with Crippen molar-refractivity contribution in [2.45, 2.75) is 0 Å². The Bertz CT molecular complexity index is 1120. The lowest BCUT2D eigenvalue weighted by Gasteiger charge is -2.26. The van der Waals surface area contributed by atoms with Crippen LogP contribution in [-0.2, 0) is 14.8 Å².